The number of nitrogens with zero attached hydrogens (tertiary/aromatic N) is 3. The number of carbonyl (C=O) groups excluding carboxylic acids is 1. The zero-order valence-electron chi connectivity index (χ0n) is 18.0. The molecule has 0 unspecified atom stereocenters. The molecular weight excluding hydrogens is 444 g/mol. The zero-order valence-corrected chi connectivity index (χ0v) is 18.8. The van der Waals surface area contributed by atoms with Crippen LogP contribution in [-0.2, 0) is 14.8 Å². The van der Waals surface area contributed by atoms with Crippen molar-refractivity contribution in [2.24, 2.45) is 5.10 Å². The van der Waals surface area contributed by atoms with Crippen LogP contribution in [0.15, 0.2) is 82.8 Å². The molecule has 0 aliphatic heterocycles. The minimum atomic E-state index is -4.02. The number of nitro benzene ring substituents is 1. The lowest BCUT2D eigenvalue weighted by atomic mass is 10.2. The van der Waals surface area contributed by atoms with E-state index in [1.165, 1.54) is 42.6 Å². The normalized spacial score (nSPS) is 11.3. The van der Waals surface area contributed by atoms with Crippen LogP contribution in [0.2, 0.25) is 0 Å². The number of sulfonamides is 1. The molecule has 0 radical (unpaired) electrons. The molecule has 3 aromatic rings. The molecule has 0 heterocycles. The molecule has 0 atom stereocenters. The monoisotopic (exact) mass is 466 g/mol. The third-order valence-electron chi connectivity index (χ3n) is 4.79. The second-order valence-electron chi connectivity index (χ2n) is 7.25. The highest BCUT2D eigenvalue weighted by atomic mass is 32.2. The number of anilines is 1. The molecule has 170 valence electrons. The van der Waals surface area contributed by atoms with Gasteiger partial charge in [-0.05, 0) is 55.3 Å². The van der Waals surface area contributed by atoms with Gasteiger partial charge in [-0.1, -0.05) is 35.9 Å². The fourth-order valence-electron chi connectivity index (χ4n) is 3.01. The van der Waals surface area contributed by atoms with Crippen LogP contribution < -0.4 is 9.73 Å². The molecule has 3 rings (SSSR count). The molecular formula is C23H22N4O5S. The van der Waals surface area contributed by atoms with Gasteiger partial charge in [0.05, 0.1) is 21.7 Å². The van der Waals surface area contributed by atoms with Gasteiger partial charge in [-0.15, -0.1) is 0 Å². The molecule has 0 aliphatic rings. The van der Waals surface area contributed by atoms with E-state index in [0.29, 0.717) is 16.8 Å². The molecule has 0 bridgehead atoms. The van der Waals surface area contributed by atoms with E-state index in [9.17, 15) is 23.3 Å². The summed E-state index contributed by atoms with van der Waals surface area (Å²) in [6.45, 7) is 3.13. The average molecular weight is 467 g/mol. The highest BCUT2D eigenvalue weighted by Gasteiger charge is 2.28. The lowest BCUT2D eigenvalue weighted by Gasteiger charge is -2.25. The van der Waals surface area contributed by atoms with Gasteiger partial charge in [0, 0.05) is 12.1 Å². The standard InChI is InChI=1S/C23H22N4O5S/c1-17-7-13-21(14-8-17)33(31,32)26(22-6-4-3-5-18(22)2)16-23(28)25-24-15-19-9-11-20(12-10-19)27(29)30/h3-15H,16H2,1-2H3,(H,25,28)/b24-15-. The summed E-state index contributed by atoms with van der Waals surface area (Å²) < 4.78 is 27.8. The number of rotatable bonds is 8. The van der Waals surface area contributed by atoms with Gasteiger partial charge in [0.25, 0.3) is 21.6 Å². The number of hydrogen-bond donors (Lipinski definition) is 1. The van der Waals surface area contributed by atoms with Crippen LogP contribution in [0.25, 0.3) is 0 Å². The lowest BCUT2D eigenvalue weighted by molar-refractivity contribution is -0.384. The predicted octanol–water partition coefficient (Wildman–Crippen LogP) is 3.56. The summed E-state index contributed by atoms with van der Waals surface area (Å²) in [5.41, 5.74) is 4.76. The first kappa shape index (κ1) is 23.6. The van der Waals surface area contributed by atoms with E-state index in [0.717, 1.165) is 9.87 Å². The highest BCUT2D eigenvalue weighted by Crippen LogP contribution is 2.26. The summed E-state index contributed by atoms with van der Waals surface area (Å²) in [5, 5.41) is 14.6. The summed E-state index contributed by atoms with van der Waals surface area (Å²) in [6.07, 6.45) is 1.31. The molecule has 0 aromatic heterocycles. The van der Waals surface area contributed by atoms with Crippen LogP contribution in [0.5, 0.6) is 0 Å². The van der Waals surface area contributed by atoms with Crippen molar-refractivity contribution in [2.75, 3.05) is 10.8 Å². The van der Waals surface area contributed by atoms with Gasteiger partial charge in [0.15, 0.2) is 0 Å². The first-order valence-corrected chi connectivity index (χ1v) is 11.3. The lowest BCUT2D eigenvalue weighted by Crippen LogP contribution is -2.40. The van der Waals surface area contributed by atoms with Crippen molar-refractivity contribution < 1.29 is 18.1 Å². The average Bonchev–Trinajstić information content (AvgIpc) is 2.78. The van der Waals surface area contributed by atoms with Crippen molar-refractivity contribution in [3.05, 3.63) is 99.6 Å². The Morgan fingerprint density at radius 3 is 2.27 bits per heavy atom. The number of nitro groups is 1. The van der Waals surface area contributed by atoms with Crippen molar-refractivity contribution in [2.45, 2.75) is 18.7 Å². The Balaban J connectivity index is 1.81. The third-order valence-corrected chi connectivity index (χ3v) is 6.56. The molecule has 0 aliphatic carbocycles. The summed E-state index contributed by atoms with van der Waals surface area (Å²) in [6, 6.07) is 18.9. The van der Waals surface area contributed by atoms with Crippen LogP contribution in [0.4, 0.5) is 11.4 Å². The van der Waals surface area contributed by atoms with E-state index in [2.05, 4.69) is 10.5 Å². The van der Waals surface area contributed by atoms with Crippen LogP contribution in [0.3, 0.4) is 0 Å². The maximum atomic E-state index is 13.4. The molecule has 33 heavy (non-hydrogen) atoms. The van der Waals surface area contributed by atoms with Gasteiger partial charge in [-0.25, -0.2) is 13.8 Å². The van der Waals surface area contributed by atoms with Gasteiger partial charge in [0.1, 0.15) is 6.54 Å². The van der Waals surface area contributed by atoms with E-state index >= 15 is 0 Å². The fourth-order valence-corrected chi connectivity index (χ4v) is 4.49. The van der Waals surface area contributed by atoms with Crippen molar-refractivity contribution in [1.82, 2.24) is 5.43 Å². The molecule has 10 heteroatoms. The van der Waals surface area contributed by atoms with E-state index < -0.39 is 27.4 Å². The number of aryl methyl sites for hydroxylation is 2. The number of carbonyl (C=O) groups is 1. The smallest absolute Gasteiger partial charge is 0.269 e. The molecule has 1 amide bonds. The maximum Gasteiger partial charge on any atom is 0.269 e. The van der Waals surface area contributed by atoms with Crippen LogP contribution in [0.1, 0.15) is 16.7 Å². The van der Waals surface area contributed by atoms with Crippen molar-refractivity contribution in [1.29, 1.82) is 0 Å². The van der Waals surface area contributed by atoms with E-state index in [1.807, 2.05) is 6.92 Å². The van der Waals surface area contributed by atoms with Gasteiger partial charge in [-0.2, -0.15) is 5.10 Å². The first-order chi connectivity index (χ1) is 15.7. The Morgan fingerprint density at radius 1 is 1.03 bits per heavy atom. The Hall–Kier alpha value is -4.05. The highest BCUT2D eigenvalue weighted by molar-refractivity contribution is 7.92. The van der Waals surface area contributed by atoms with E-state index in [4.69, 9.17) is 0 Å². The summed E-state index contributed by atoms with van der Waals surface area (Å²) in [5.74, 6) is -0.646. The van der Waals surface area contributed by atoms with Gasteiger partial charge in [0.2, 0.25) is 0 Å². The van der Waals surface area contributed by atoms with Crippen molar-refractivity contribution >= 4 is 33.5 Å². The number of hydrogen-bond acceptors (Lipinski definition) is 6. The molecule has 3 aromatic carbocycles. The van der Waals surface area contributed by atoms with Crippen molar-refractivity contribution in [3.63, 3.8) is 0 Å². The largest absolute Gasteiger partial charge is 0.271 e. The molecule has 0 saturated carbocycles. The minimum absolute atomic E-state index is 0.0635. The first-order valence-electron chi connectivity index (χ1n) is 9.90. The molecule has 0 saturated heterocycles. The SMILES string of the molecule is Cc1ccc(S(=O)(=O)N(CC(=O)N/N=C\c2ccc([N+](=O)[O-])cc2)c2ccccc2C)cc1. The van der Waals surface area contributed by atoms with Crippen LogP contribution >= 0.6 is 0 Å². The molecule has 0 spiro atoms. The summed E-state index contributed by atoms with van der Waals surface area (Å²) >= 11 is 0. The number of hydrazone groups is 1. The Morgan fingerprint density at radius 2 is 1.67 bits per heavy atom. The predicted molar refractivity (Wildman–Crippen MR) is 126 cm³/mol. The van der Waals surface area contributed by atoms with Gasteiger partial charge >= 0.3 is 0 Å². The number of non-ortho nitro benzene ring substituents is 1. The Kier molecular flexibility index (Phi) is 7.19. The third kappa shape index (κ3) is 5.80. The minimum Gasteiger partial charge on any atom is -0.271 e. The quantitative estimate of drug-likeness (QED) is 0.309. The Labute approximate surface area is 191 Å². The summed E-state index contributed by atoms with van der Waals surface area (Å²) in [4.78, 5) is 22.9. The number of nitrogens with one attached hydrogen (secondary N) is 1. The maximum absolute atomic E-state index is 13.4. The van der Waals surface area contributed by atoms with Crippen molar-refractivity contribution in [3.8, 4) is 0 Å². The number of amides is 1. The number of para-hydroxylation sites is 1. The van der Waals surface area contributed by atoms with Crippen LogP contribution in [0, 0.1) is 24.0 Å². The topological polar surface area (TPSA) is 122 Å². The second-order valence-corrected chi connectivity index (χ2v) is 9.12. The second kappa shape index (κ2) is 10.0. The summed E-state index contributed by atoms with van der Waals surface area (Å²) in [7, 11) is -4.02. The van der Waals surface area contributed by atoms with Gasteiger partial charge in [-0.3, -0.25) is 19.2 Å². The van der Waals surface area contributed by atoms with Crippen LogP contribution in [-0.4, -0.2) is 32.0 Å². The molecule has 0 fully saturated rings. The van der Waals surface area contributed by atoms with Gasteiger partial charge < -0.3 is 0 Å². The van der Waals surface area contributed by atoms with E-state index in [1.54, 1.807) is 43.3 Å². The fraction of sp³-hybridized carbons (Fsp3) is 0.130. The molecule has 9 nitrogen and oxygen atoms in total. The molecule has 1 N–H and O–H groups in total. The Bertz CT molecular complexity index is 1290. The van der Waals surface area contributed by atoms with E-state index in [-0.39, 0.29) is 10.6 Å². The number of benzene rings is 3. The zero-order chi connectivity index (χ0) is 24.0.